The Hall–Kier alpha value is -3.42. The molecule has 1 atom stereocenters. The summed E-state index contributed by atoms with van der Waals surface area (Å²) < 4.78 is 19.4. The molecule has 2 N–H and O–H groups in total. The molecule has 0 bridgehead atoms. The highest BCUT2D eigenvalue weighted by Crippen LogP contribution is 2.24. The Labute approximate surface area is 167 Å². The largest absolute Gasteiger partial charge is 0.445 e. The van der Waals surface area contributed by atoms with Crippen molar-refractivity contribution in [1.29, 1.82) is 0 Å². The molecule has 0 radical (unpaired) electrons. The number of hydrogen-bond donors (Lipinski definition) is 2. The number of likely N-dealkylation sites (tertiary alicyclic amines) is 1. The molecule has 1 heterocycles. The van der Waals surface area contributed by atoms with Crippen molar-refractivity contribution in [2.45, 2.75) is 32.4 Å². The Bertz CT molecular complexity index is 904. The summed E-state index contributed by atoms with van der Waals surface area (Å²) in [5.74, 6) is -1.45. The summed E-state index contributed by atoms with van der Waals surface area (Å²) in [4.78, 5) is 37.6. The summed E-state index contributed by atoms with van der Waals surface area (Å²) >= 11 is 0. The molecule has 1 saturated heterocycles. The van der Waals surface area contributed by atoms with E-state index in [1.165, 1.54) is 24.0 Å². The summed E-state index contributed by atoms with van der Waals surface area (Å²) in [7, 11) is 0. The van der Waals surface area contributed by atoms with Crippen LogP contribution in [0.15, 0.2) is 48.5 Å². The molecule has 7 nitrogen and oxygen atoms in total. The Kier molecular flexibility index (Phi) is 6.43. The number of ether oxygens (including phenoxy) is 1. The highest BCUT2D eigenvalue weighted by molar-refractivity contribution is 5.98. The molecule has 3 rings (SSSR count). The van der Waals surface area contributed by atoms with Gasteiger partial charge < -0.3 is 15.4 Å². The van der Waals surface area contributed by atoms with Crippen molar-refractivity contribution >= 4 is 29.3 Å². The van der Waals surface area contributed by atoms with Crippen molar-refractivity contribution in [3.8, 4) is 0 Å². The Morgan fingerprint density at radius 1 is 1.14 bits per heavy atom. The summed E-state index contributed by atoms with van der Waals surface area (Å²) in [6, 6.07) is 12.4. The molecule has 0 aromatic heterocycles. The smallest absolute Gasteiger partial charge is 0.410 e. The first-order chi connectivity index (χ1) is 13.9. The fraction of sp³-hybridized carbons (Fsp3) is 0.286. The molecule has 1 fully saturated rings. The zero-order valence-corrected chi connectivity index (χ0v) is 16.0. The predicted molar refractivity (Wildman–Crippen MR) is 106 cm³/mol. The van der Waals surface area contributed by atoms with Gasteiger partial charge in [-0.3, -0.25) is 14.5 Å². The fourth-order valence-electron chi connectivity index (χ4n) is 3.18. The molecule has 8 heteroatoms. The first kappa shape index (κ1) is 20.3. The van der Waals surface area contributed by atoms with Crippen molar-refractivity contribution in [3.05, 3.63) is 59.9 Å². The van der Waals surface area contributed by atoms with E-state index in [9.17, 15) is 18.8 Å². The predicted octanol–water partition coefficient (Wildman–Crippen LogP) is 3.52. The van der Waals surface area contributed by atoms with Gasteiger partial charge in [0.1, 0.15) is 18.5 Å². The number of rotatable bonds is 5. The van der Waals surface area contributed by atoms with Gasteiger partial charge in [0.2, 0.25) is 11.8 Å². The van der Waals surface area contributed by atoms with E-state index in [1.807, 2.05) is 30.3 Å². The van der Waals surface area contributed by atoms with Gasteiger partial charge in [0, 0.05) is 19.2 Å². The van der Waals surface area contributed by atoms with Crippen LogP contribution in [-0.4, -0.2) is 35.4 Å². The first-order valence-corrected chi connectivity index (χ1v) is 9.29. The third-order valence-electron chi connectivity index (χ3n) is 4.54. The van der Waals surface area contributed by atoms with Crippen molar-refractivity contribution in [1.82, 2.24) is 4.90 Å². The number of benzene rings is 2. The van der Waals surface area contributed by atoms with Crippen LogP contribution in [0.1, 0.15) is 25.3 Å². The van der Waals surface area contributed by atoms with Gasteiger partial charge in [-0.25, -0.2) is 9.18 Å². The zero-order chi connectivity index (χ0) is 20.8. The van der Waals surface area contributed by atoms with Gasteiger partial charge in [-0.05, 0) is 36.6 Å². The number of carbonyl (C=O) groups is 3. The van der Waals surface area contributed by atoms with E-state index in [2.05, 4.69) is 10.6 Å². The van der Waals surface area contributed by atoms with Crippen LogP contribution in [0.2, 0.25) is 0 Å². The minimum Gasteiger partial charge on any atom is -0.445 e. The normalized spacial score (nSPS) is 15.7. The number of anilines is 2. The zero-order valence-electron chi connectivity index (χ0n) is 16.0. The van der Waals surface area contributed by atoms with E-state index in [-0.39, 0.29) is 18.2 Å². The number of carbonyl (C=O) groups excluding carboxylic acids is 3. The Balaban J connectivity index is 1.64. The fourth-order valence-corrected chi connectivity index (χ4v) is 3.18. The second-order valence-corrected chi connectivity index (χ2v) is 6.76. The number of amides is 3. The average molecular weight is 399 g/mol. The maximum absolute atomic E-state index is 14.1. The molecule has 3 amide bonds. The molecular weight excluding hydrogens is 377 g/mol. The topological polar surface area (TPSA) is 87.7 Å². The van der Waals surface area contributed by atoms with Gasteiger partial charge in [-0.1, -0.05) is 30.3 Å². The molecule has 0 unspecified atom stereocenters. The van der Waals surface area contributed by atoms with Crippen molar-refractivity contribution in [2.75, 3.05) is 17.2 Å². The highest BCUT2D eigenvalue weighted by Gasteiger charge is 2.35. The second kappa shape index (κ2) is 9.18. The number of hydrogen-bond acceptors (Lipinski definition) is 4. The highest BCUT2D eigenvalue weighted by atomic mass is 19.1. The minimum absolute atomic E-state index is 0.0641. The second-order valence-electron chi connectivity index (χ2n) is 6.76. The van der Waals surface area contributed by atoms with Crippen LogP contribution in [0.4, 0.5) is 20.6 Å². The quantitative estimate of drug-likeness (QED) is 0.805. The number of nitrogens with one attached hydrogen (secondary N) is 2. The van der Waals surface area contributed by atoms with Gasteiger partial charge in [-0.2, -0.15) is 0 Å². The van der Waals surface area contributed by atoms with Crippen LogP contribution in [0.3, 0.4) is 0 Å². The lowest BCUT2D eigenvalue weighted by Gasteiger charge is -2.23. The lowest BCUT2D eigenvalue weighted by atomic mass is 10.2. The molecule has 1 aliphatic rings. The van der Waals surface area contributed by atoms with Gasteiger partial charge in [0.25, 0.3) is 0 Å². The standard InChI is InChI=1S/C21H22FN3O4/c1-14(26)23-16-9-10-17(22)18(12-16)24-20(27)19-8-5-11-25(19)21(28)29-13-15-6-3-2-4-7-15/h2-4,6-7,9-10,12,19H,5,8,11,13H2,1H3,(H,23,26)(H,24,27)/t19-/m0/s1. The van der Waals surface area contributed by atoms with Crippen molar-refractivity contribution in [2.24, 2.45) is 0 Å². The van der Waals surface area contributed by atoms with E-state index in [4.69, 9.17) is 4.74 Å². The van der Waals surface area contributed by atoms with Gasteiger partial charge in [-0.15, -0.1) is 0 Å². The lowest BCUT2D eigenvalue weighted by molar-refractivity contribution is -0.120. The van der Waals surface area contributed by atoms with Crippen LogP contribution in [-0.2, 0) is 20.9 Å². The van der Waals surface area contributed by atoms with Crippen molar-refractivity contribution in [3.63, 3.8) is 0 Å². The maximum Gasteiger partial charge on any atom is 0.410 e. The summed E-state index contributed by atoms with van der Waals surface area (Å²) in [5.41, 5.74) is 1.14. The van der Waals surface area contributed by atoms with E-state index in [0.29, 0.717) is 25.1 Å². The first-order valence-electron chi connectivity index (χ1n) is 9.29. The minimum atomic E-state index is -0.748. The maximum atomic E-state index is 14.1. The SMILES string of the molecule is CC(=O)Nc1ccc(F)c(NC(=O)[C@@H]2CCCN2C(=O)OCc2ccccc2)c1. The van der Waals surface area contributed by atoms with Crippen LogP contribution in [0.5, 0.6) is 0 Å². The van der Waals surface area contributed by atoms with E-state index < -0.39 is 23.9 Å². The summed E-state index contributed by atoms with van der Waals surface area (Å²) in [6.07, 6.45) is 0.519. The lowest BCUT2D eigenvalue weighted by Crippen LogP contribution is -2.43. The van der Waals surface area contributed by atoms with Gasteiger partial charge >= 0.3 is 6.09 Å². The molecule has 0 spiro atoms. The third-order valence-corrected chi connectivity index (χ3v) is 4.54. The van der Waals surface area contributed by atoms with Crippen molar-refractivity contribution < 1.29 is 23.5 Å². The van der Waals surface area contributed by atoms with Crippen LogP contribution >= 0.6 is 0 Å². The average Bonchev–Trinajstić information content (AvgIpc) is 3.19. The van der Waals surface area contributed by atoms with Gasteiger partial charge in [0.15, 0.2) is 0 Å². The molecule has 2 aromatic rings. The number of halogens is 1. The van der Waals surface area contributed by atoms with Crippen LogP contribution < -0.4 is 10.6 Å². The third kappa shape index (κ3) is 5.31. The van der Waals surface area contributed by atoms with E-state index in [1.54, 1.807) is 0 Å². The Morgan fingerprint density at radius 3 is 2.62 bits per heavy atom. The molecule has 1 aliphatic heterocycles. The Morgan fingerprint density at radius 2 is 1.90 bits per heavy atom. The molecule has 0 saturated carbocycles. The molecule has 29 heavy (non-hydrogen) atoms. The molecular formula is C21H22FN3O4. The molecule has 0 aliphatic carbocycles. The van der Waals surface area contributed by atoms with Crippen LogP contribution in [0.25, 0.3) is 0 Å². The van der Waals surface area contributed by atoms with E-state index >= 15 is 0 Å². The summed E-state index contributed by atoms with van der Waals surface area (Å²) in [6.45, 7) is 1.83. The number of nitrogens with zero attached hydrogens (tertiary/aromatic N) is 1. The van der Waals surface area contributed by atoms with Gasteiger partial charge in [0.05, 0.1) is 5.69 Å². The van der Waals surface area contributed by atoms with Crippen LogP contribution in [0, 0.1) is 5.82 Å². The molecule has 152 valence electrons. The van der Waals surface area contributed by atoms with E-state index in [0.717, 1.165) is 11.6 Å². The monoisotopic (exact) mass is 399 g/mol. The molecule has 2 aromatic carbocycles. The summed E-state index contributed by atoms with van der Waals surface area (Å²) in [5, 5.41) is 5.04.